The minimum atomic E-state index is -0.997. The van der Waals surface area contributed by atoms with E-state index in [4.69, 9.17) is 4.74 Å². The molecule has 2 bridgehead atoms. The van der Waals surface area contributed by atoms with E-state index in [0.29, 0.717) is 5.56 Å². The summed E-state index contributed by atoms with van der Waals surface area (Å²) in [5.41, 5.74) is 0.809. The second kappa shape index (κ2) is 7.45. The Bertz CT molecular complexity index is 1050. The summed E-state index contributed by atoms with van der Waals surface area (Å²) in [6.45, 7) is 1.52. The minimum Gasteiger partial charge on any atom is -0.451 e. The number of rotatable bonds is 5. The van der Waals surface area contributed by atoms with Crippen LogP contribution in [0.5, 0.6) is 0 Å². The number of hydrogen-bond acceptors (Lipinski definition) is 5. The molecule has 1 aliphatic heterocycles. The molecule has 1 saturated heterocycles. The maximum Gasteiger partial charge on any atom is 0.340 e. The molecule has 31 heavy (non-hydrogen) atoms. The predicted octanol–water partition coefficient (Wildman–Crippen LogP) is 3.65. The fourth-order valence-electron chi connectivity index (χ4n) is 5.60. The molecule has 5 rings (SSSR count). The third-order valence-electron chi connectivity index (χ3n) is 7.00. The van der Waals surface area contributed by atoms with Crippen molar-refractivity contribution in [1.29, 1.82) is 0 Å². The lowest BCUT2D eigenvalue weighted by Crippen LogP contribution is -2.34. The van der Waals surface area contributed by atoms with Crippen molar-refractivity contribution in [3.8, 4) is 0 Å². The van der Waals surface area contributed by atoms with Crippen molar-refractivity contribution in [3.05, 3.63) is 65.7 Å². The van der Waals surface area contributed by atoms with Crippen LogP contribution in [-0.4, -0.2) is 29.7 Å². The molecule has 2 amide bonds. The number of anilines is 1. The summed E-state index contributed by atoms with van der Waals surface area (Å²) in [6, 6.07) is 15.1. The molecular weight excluding hydrogens is 394 g/mol. The third kappa shape index (κ3) is 3.09. The average molecular weight is 417 g/mol. The maximum atomic E-state index is 13.2. The zero-order valence-corrected chi connectivity index (χ0v) is 17.2. The molecule has 0 unspecified atom stereocenters. The molecule has 2 aromatic carbocycles. The molecule has 0 radical (unpaired) electrons. The lowest BCUT2D eigenvalue weighted by molar-refractivity contribution is -0.123. The third-order valence-corrected chi connectivity index (χ3v) is 7.00. The van der Waals surface area contributed by atoms with E-state index in [9.17, 15) is 19.2 Å². The first-order chi connectivity index (χ1) is 15.0. The van der Waals surface area contributed by atoms with Crippen molar-refractivity contribution in [2.75, 3.05) is 4.90 Å². The number of carbonyl (C=O) groups excluding carboxylic acids is 4. The molecule has 0 N–H and O–H groups in total. The van der Waals surface area contributed by atoms with Crippen LogP contribution in [0.15, 0.2) is 54.6 Å². The summed E-state index contributed by atoms with van der Waals surface area (Å²) >= 11 is 0. The Morgan fingerprint density at radius 1 is 0.903 bits per heavy atom. The van der Waals surface area contributed by atoms with Gasteiger partial charge in [-0.25, -0.2) is 9.69 Å². The zero-order valence-electron chi connectivity index (χ0n) is 17.2. The number of nitrogens with zero attached hydrogens (tertiary/aromatic N) is 1. The summed E-state index contributed by atoms with van der Waals surface area (Å²) in [6.07, 6.45) is 1.93. The number of imide groups is 1. The highest BCUT2D eigenvalue weighted by atomic mass is 16.5. The van der Waals surface area contributed by atoms with Crippen LogP contribution in [0, 0.1) is 23.7 Å². The number of esters is 1. The van der Waals surface area contributed by atoms with Crippen molar-refractivity contribution in [2.45, 2.75) is 32.3 Å². The Kier molecular flexibility index (Phi) is 4.73. The second-order valence-corrected chi connectivity index (χ2v) is 8.69. The van der Waals surface area contributed by atoms with E-state index in [1.165, 1.54) is 17.9 Å². The molecule has 5 atom stereocenters. The van der Waals surface area contributed by atoms with Crippen molar-refractivity contribution >= 4 is 29.3 Å². The van der Waals surface area contributed by atoms with Gasteiger partial charge in [0, 0.05) is 5.56 Å². The van der Waals surface area contributed by atoms with Crippen LogP contribution in [0.25, 0.3) is 0 Å². The summed E-state index contributed by atoms with van der Waals surface area (Å²) in [5.74, 6) is -1.48. The molecular formula is C25H23NO5. The molecule has 2 aromatic rings. The second-order valence-electron chi connectivity index (χ2n) is 8.69. The maximum absolute atomic E-state index is 13.2. The summed E-state index contributed by atoms with van der Waals surface area (Å²) < 4.78 is 5.43. The molecule has 3 aliphatic rings. The topological polar surface area (TPSA) is 80.8 Å². The van der Waals surface area contributed by atoms with Crippen LogP contribution in [0.2, 0.25) is 0 Å². The largest absolute Gasteiger partial charge is 0.451 e. The van der Waals surface area contributed by atoms with E-state index in [1.54, 1.807) is 48.5 Å². The molecule has 3 fully saturated rings. The van der Waals surface area contributed by atoms with E-state index in [1.807, 2.05) is 0 Å². The van der Waals surface area contributed by atoms with Gasteiger partial charge in [0.25, 0.3) is 0 Å². The van der Waals surface area contributed by atoms with Crippen molar-refractivity contribution in [1.82, 2.24) is 0 Å². The Morgan fingerprint density at radius 2 is 1.48 bits per heavy atom. The van der Waals surface area contributed by atoms with E-state index in [2.05, 4.69) is 0 Å². The molecule has 0 spiro atoms. The van der Waals surface area contributed by atoms with Crippen LogP contribution in [0.1, 0.15) is 46.9 Å². The molecule has 2 saturated carbocycles. The summed E-state index contributed by atoms with van der Waals surface area (Å²) in [7, 11) is 0. The highest BCUT2D eigenvalue weighted by molar-refractivity contribution is 6.24. The monoisotopic (exact) mass is 417 g/mol. The normalized spacial score (nSPS) is 27.3. The van der Waals surface area contributed by atoms with Gasteiger partial charge in [-0.1, -0.05) is 42.5 Å². The number of carbonyl (C=O) groups is 4. The quantitative estimate of drug-likeness (QED) is 0.421. The fraction of sp³-hybridized carbons (Fsp3) is 0.360. The number of hydrogen-bond donors (Lipinski definition) is 0. The molecule has 6 heteroatoms. The Hall–Kier alpha value is -3.28. The first-order valence-electron chi connectivity index (χ1n) is 10.7. The number of para-hydroxylation sites is 1. The summed E-state index contributed by atoms with van der Waals surface area (Å²) in [4.78, 5) is 53.1. The first kappa shape index (κ1) is 19.7. The SMILES string of the molecule is C[C@@H](OC(=O)c1ccccc1N1C(=O)[C@@H]2[C@@H]3CC[C@@H](C3)[C@@H]2C1=O)C(=O)c1ccccc1. The smallest absolute Gasteiger partial charge is 0.340 e. The fourth-order valence-corrected chi connectivity index (χ4v) is 5.60. The van der Waals surface area contributed by atoms with Gasteiger partial charge < -0.3 is 4.74 Å². The van der Waals surface area contributed by atoms with Crippen LogP contribution in [0.4, 0.5) is 5.69 Å². The highest BCUT2D eigenvalue weighted by Crippen LogP contribution is 2.56. The molecule has 2 aliphatic carbocycles. The van der Waals surface area contributed by atoms with Gasteiger partial charge in [0.2, 0.25) is 17.6 Å². The van der Waals surface area contributed by atoms with Gasteiger partial charge in [-0.3, -0.25) is 14.4 Å². The van der Waals surface area contributed by atoms with E-state index in [0.717, 1.165) is 19.3 Å². The molecule has 1 heterocycles. The van der Waals surface area contributed by atoms with Gasteiger partial charge in [0.05, 0.1) is 23.1 Å². The number of ketones is 1. The summed E-state index contributed by atoms with van der Waals surface area (Å²) in [5, 5.41) is 0. The Morgan fingerprint density at radius 3 is 2.13 bits per heavy atom. The number of benzene rings is 2. The van der Waals surface area contributed by atoms with Gasteiger partial charge >= 0.3 is 5.97 Å². The zero-order chi connectivity index (χ0) is 21.7. The number of Topliss-reactive ketones (excluding diaryl/α,β-unsaturated/α-hetero) is 1. The Labute approximate surface area is 180 Å². The van der Waals surface area contributed by atoms with Gasteiger partial charge in [-0.2, -0.15) is 0 Å². The lowest BCUT2D eigenvalue weighted by Gasteiger charge is -2.20. The van der Waals surface area contributed by atoms with Gasteiger partial charge in [-0.05, 0) is 50.2 Å². The highest BCUT2D eigenvalue weighted by Gasteiger charge is 2.61. The van der Waals surface area contributed by atoms with Crippen LogP contribution in [0.3, 0.4) is 0 Å². The van der Waals surface area contributed by atoms with Gasteiger partial charge in [-0.15, -0.1) is 0 Å². The molecule has 158 valence electrons. The van der Waals surface area contributed by atoms with Gasteiger partial charge in [0.15, 0.2) is 6.10 Å². The van der Waals surface area contributed by atoms with E-state index >= 15 is 0 Å². The number of fused-ring (bicyclic) bond motifs is 5. The van der Waals surface area contributed by atoms with Crippen molar-refractivity contribution < 1.29 is 23.9 Å². The molecule has 0 aromatic heterocycles. The lowest BCUT2D eigenvalue weighted by atomic mass is 9.81. The van der Waals surface area contributed by atoms with Crippen molar-refractivity contribution in [2.24, 2.45) is 23.7 Å². The van der Waals surface area contributed by atoms with E-state index in [-0.39, 0.29) is 52.5 Å². The van der Waals surface area contributed by atoms with Crippen LogP contribution in [-0.2, 0) is 14.3 Å². The number of amides is 2. The standard InChI is InChI=1S/C25H23NO5/c1-14(22(27)15-7-3-2-4-8-15)31-25(30)18-9-5-6-10-19(18)26-23(28)20-16-11-12-17(13-16)21(20)24(26)29/h2-10,14,16-17,20-21H,11-13H2,1H3/t14-,16-,17+,20-,21+/m1/s1. The Balaban J connectivity index is 1.40. The average Bonchev–Trinajstić information content (AvgIpc) is 3.47. The molecule has 6 nitrogen and oxygen atoms in total. The number of ether oxygens (including phenoxy) is 1. The van der Waals surface area contributed by atoms with Crippen molar-refractivity contribution in [3.63, 3.8) is 0 Å². The minimum absolute atomic E-state index is 0.115. The van der Waals surface area contributed by atoms with E-state index < -0.39 is 12.1 Å². The van der Waals surface area contributed by atoms with Crippen LogP contribution < -0.4 is 4.90 Å². The van der Waals surface area contributed by atoms with Crippen LogP contribution >= 0.6 is 0 Å². The predicted molar refractivity (Wildman–Crippen MR) is 112 cm³/mol. The first-order valence-corrected chi connectivity index (χ1v) is 10.7. The van der Waals surface area contributed by atoms with Gasteiger partial charge in [0.1, 0.15) is 0 Å².